The number of hydrogen-bond donors (Lipinski definition) is 1. The van der Waals surface area contributed by atoms with Gasteiger partial charge in [-0.3, -0.25) is 4.79 Å². The van der Waals surface area contributed by atoms with E-state index in [2.05, 4.69) is 5.16 Å². The third-order valence-corrected chi connectivity index (χ3v) is 3.54. The highest BCUT2D eigenvalue weighted by Gasteiger charge is 2.34. The summed E-state index contributed by atoms with van der Waals surface area (Å²) in [6.07, 6.45) is 0. The molecule has 4 nitrogen and oxygen atoms in total. The molecule has 0 aromatic heterocycles. The lowest BCUT2D eigenvalue weighted by atomic mass is 10.1. The first-order valence-corrected chi connectivity index (χ1v) is 6.56. The quantitative estimate of drug-likeness (QED) is 0.684. The summed E-state index contributed by atoms with van der Waals surface area (Å²) in [5.41, 5.74) is 1.82. The van der Waals surface area contributed by atoms with Crippen LogP contribution in [0.25, 0.3) is 0 Å². The van der Waals surface area contributed by atoms with Crippen molar-refractivity contribution in [2.75, 3.05) is 4.90 Å². The number of rotatable bonds is 2. The van der Waals surface area contributed by atoms with Crippen molar-refractivity contribution in [3.63, 3.8) is 0 Å². The fourth-order valence-corrected chi connectivity index (χ4v) is 2.48. The summed E-state index contributed by atoms with van der Waals surface area (Å²) in [6.45, 7) is 0.257. The van der Waals surface area contributed by atoms with Crippen LogP contribution in [0.3, 0.4) is 0 Å². The van der Waals surface area contributed by atoms with Crippen molar-refractivity contribution < 1.29 is 14.4 Å². The average molecular weight is 305 g/mol. The largest absolute Gasteiger partial charge is 0.410 e. The van der Waals surface area contributed by atoms with Crippen LogP contribution >= 0.6 is 11.6 Å². The standard InChI is InChI=1S/C15H10ClFN2O2/c16-10-3-6-13-12(7-10)14(18-21)15(20)19(13)8-9-1-4-11(17)5-2-9/h1-7,21H,8H2/b18-14-. The second-order valence-corrected chi connectivity index (χ2v) is 5.06. The molecule has 1 heterocycles. The van der Waals surface area contributed by atoms with Crippen molar-refractivity contribution in [2.45, 2.75) is 6.54 Å². The molecule has 0 bridgehead atoms. The van der Waals surface area contributed by atoms with Crippen molar-refractivity contribution in [3.8, 4) is 0 Å². The van der Waals surface area contributed by atoms with Crippen molar-refractivity contribution in [2.24, 2.45) is 5.16 Å². The van der Waals surface area contributed by atoms with E-state index in [1.54, 1.807) is 30.3 Å². The van der Waals surface area contributed by atoms with Gasteiger partial charge in [-0.05, 0) is 35.9 Å². The molecular formula is C15H10ClFN2O2. The maximum Gasteiger partial charge on any atom is 0.281 e. The first-order chi connectivity index (χ1) is 10.1. The van der Waals surface area contributed by atoms with Gasteiger partial charge in [0.2, 0.25) is 0 Å². The second-order valence-electron chi connectivity index (χ2n) is 4.63. The number of fused-ring (bicyclic) bond motifs is 1. The van der Waals surface area contributed by atoms with Gasteiger partial charge in [0.1, 0.15) is 5.82 Å². The van der Waals surface area contributed by atoms with Crippen molar-refractivity contribution in [3.05, 3.63) is 64.4 Å². The summed E-state index contributed by atoms with van der Waals surface area (Å²) < 4.78 is 12.9. The lowest BCUT2D eigenvalue weighted by molar-refractivity contribution is -0.112. The predicted molar refractivity (Wildman–Crippen MR) is 77.4 cm³/mol. The fraction of sp³-hybridized carbons (Fsp3) is 0.0667. The Morgan fingerprint density at radius 1 is 1.19 bits per heavy atom. The third-order valence-electron chi connectivity index (χ3n) is 3.31. The molecule has 2 aromatic rings. The first kappa shape index (κ1) is 13.6. The maximum absolute atomic E-state index is 12.9. The Morgan fingerprint density at radius 2 is 1.90 bits per heavy atom. The second kappa shape index (κ2) is 5.18. The fourth-order valence-electron chi connectivity index (χ4n) is 2.31. The van der Waals surface area contributed by atoms with Gasteiger partial charge in [0.25, 0.3) is 5.91 Å². The minimum Gasteiger partial charge on any atom is -0.410 e. The molecule has 0 spiro atoms. The first-order valence-electron chi connectivity index (χ1n) is 6.18. The summed E-state index contributed by atoms with van der Waals surface area (Å²) in [6, 6.07) is 10.8. The molecule has 6 heteroatoms. The summed E-state index contributed by atoms with van der Waals surface area (Å²) >= 11 is 5.91. The zero-order valence-electron chi connectivity index (χ0n) is 10.8. The molecule has 2 aromatic carbocycles. The van der Waals surface area contributed by atoms with E-state index in [1.165, 1.54) is 17.0 Å². The van der Waals surface area contributed by atoms with E-state index in [-0.39, 0.29) is 18.1 Å². The van der Waals surface area contributed by atoms with Crippen LogP contribution in [0.15, 0.2) is 47.6 Å². The number of oxime groups is 1. The maximum atomic E-state index is 12.9. The van der Waals surface area contributed by atoms with Crippen LogP contribution in [0.5, 0.6) is 0 Å². The molecule has 0 atom stereocenters. The number of hydrogen-bond acceptors (Lipinski definition) is 3. The van der Waals surface area contributed by atoms with E-state index in [0.717, 1.165) is 5.56 Å². The highest BCUT2D eigenvalue weighted by Crippen LogP contribution is 2.32. The number of carbonyl (C=O) groups is 1. The van der Waals surface area contributed by atoms with Crippen LogP contribution in [0.2, 0.25) is 5.02 Å². The molecule has 3 rings (SSSR count). The third kappa shape index (κ3) is 2.36. The molecule has 0 fully saturated rings. The molecule has 1 N–H and O–H groups in total. The van der Waals surface area contributed by atoms with E-state index in [0.29, 0.717) is 16.3 Å². The van der Waals surface area contributed by atoms with Crippen LogP contribution < -0.4 is 4.90 Å². The highest BCUT2D eigenvalue weighted by molar-refractivity contribution is 6.54. The van der Waals surface area contributed by atoms with Crippen LogP contribution in [-0.4, -0.2) is 16.8 Å². The Balaban J connectivity index is 2.00. The molecule has 0 aliphatic carbocycles. The zero-order chi connectivity index (χ0) is 15.0. The van der Waals surface area contributed by atoms with Gasteiger partial charge < -0.3 is 10.1 Å². The number of nitrogens with zero attached hydrogens (tertiary/aromatic N) is 2. The molecule has 0 radical (unpaired) electrons. The van der Waals surface area contributed by atoms with E-state index in [1.807, 2.05) is 0 Å². The normalized spacial score (nSPS) is 15.6. The van der Waals surface area contributed by atoms with Gasteiger partial charge in [-0.2, -0.15) is 0 Å². The van der Waals surface area contributed by atoms with Gasteiger partial charge in [0.05, 0.1) is 12.2 Å². The van der Waals surface area contributed by atoms with Crippen LogP contribution in [0.1, 0.15) is 11.1 Å². The molecule has 1 aliphatic heterocycles. The molecule has 106 valence electrons. The Kier molecular flexibility index (Phi) is 3.35. The lowest BCUT2D eigenvalue weighted by Gasteiger charge is -2.16. The zero-order valence-corrected chi connectivity index (χ0v) is 11.5. The summed E-state index contributed by atoms with van der Waals surface area (Å²) in [4.78, 5) is 13.8. The Morgan fingerprint density at radius 3 is 2.57 bits per heavy atom. The van der Waals surface area contributed by atoms with Crippen molar-refractivity contribution in [1.82, 2.24) is 0 Å². The predicted octanol–water partition coefficient (Wildman–Crippen LogP) is 3.20. The minimum absolute atomic E-state index is 0.0467. The summed E-state index contributed by atoms with van der Waals surface area (Å²) in [7, 11) is 0. The van der Waals surface area contributed by atoms with Gasteiger partial charge in [0, 0.05) is 10.6 Å². The van der Waals surface area contributed by atoms with Crippen molar-refractivity contribution in [1.29, 1.82) is 0 Å². The van der Waals surface area contributed by atoms with E-state index in [4.69, 9.17) is 16.8 Å². The molecule has 1 amide bonds. The molecular weight excluding hydrogens is 295 g/mol. The van der Waals surface area contributed by atoms with E-state index >= 15 is 0 Å². The monoisotopic (exact) mass is 304 g/mol. The van der Waals surface area contributed by atoms with Gasteiger partial charge >= 0.3 is 0 Å². The van der Waals surface area contributed by atoms with Crippen LogP contribution in [0.4, 0.5) is 10.1 Å². The smallest absolute Gasteiger partial charge is 0.281 e. The lowest BCUT2D eigenvalue weighted by Crippen LogP contribution is -2.29. The topological polar surface area (TPSA) is 52.9 Å². The number of benzene rings is 2. The Bertz CT molecular complexity index is 744. The summed E-state index contributed by atoms with van der Waals surface area (Å²) in [5, 5.41) is 12.6. The molecule has 0 saturated carbocycles. The average Bonchev–Trinajstić information content (AvgIpc) is 2.73. The molecule has 1 aliphatic rings. The SMILES string of the molecule is O=C1/C(=N\O)c2cc(Cl)ccc2N1Cc1ccc(F)cc1. The van der Waals surface area contributed by atoms with Gasteiger partial charge in [-0.1, -0.05) is 28.9 Å². The van der Waals surface area contributed by atoms with Gasteiger partial charge in [-0.25, -0.2) is 4.39 Å². The molecule has 0 saturated heterocycles. The Hall–Kier alpha value is -2.40. The minimum atomic E-state index is -0.418. The number of amides is 1. The Labute approximate surface area is 125 Å². The van der Waals surface area contributed by atoms with E-state index in [9.17, 15) is 9.18 Å². The highest BCUT2D eigenvalue weighted by atomic mass is 35.5. The summed E-state index contributed by atoms with van der Waals surface area (Å²) in [5.74, 6) is -0.754. The van der Waals surface area contributed by atoms with Gasteiger partial charge in [-0.15, -0.1) is 0 Å². The number of carbonyl (C=O) groups excluding carboxylic acids is 1. The molecule has 0 unspecified atom stereocenters. The van der Waals surface area contributed by atoms with Crippen LogP contribution in [0, 0.1) is 5.82 Å². The number of halogens is 2. The number of anilines is 1. The molecule has 21 heavy (non-hydrogen) atoms. The van der Waals surface area contributed by atoms with Crippen molar-refractivity contribution >= 4 is 28.9 Å². The van der Waals surface area contributed by atoms with Gasteiger partial charge in [0.15, 0.2) is 5.71 Å². The van der Waals surface area contributed by atoms with E-state index < -0.39 is 5.91 Å². The van der Waals surface area contributed by atoms with Crippen LogP contribution in [-0.2, 0) is 11.3 Å².